The molecule has 2 aromatic heterocycles. The van der Waals surface area contributed by atoms with Crippen LogP contribution in [0.15, 0.2) is 51.2 Å². The summed E-state index contributed by atoms with van der Waals surface area (Å²) >= 11 is 1.34. The van der Waals surface area contributed by atoms with Gasteiger partial charge < -0.3 is 10.2 Å². The van der Waals surface area contributed by atoms with E-state index in [0.29, 0.717) is 10.7 Å². The van der Waals surface area contributed by atoms with Crippen molar-refractivity contribution in [3.63, 3.8) is 0 Å². The average molecular weight is 432 g/mol. The van der Waals surface area contributed by atoms with Gasteiger partial charge in [-0.25, -0.2) is 13.4 Å². The molecular formula is C20H25N5O2S2. The van der Waals surface area contributed by atoms with Crippen LogP contribution >= 0.6 is 11.8 Å². The number of sulfone groups is 1. The van der Waals surface area contributed by atoms with Gasteiger partial charge in [-0.3, -0.25) is 0 Å². The molecule has 0 unspecified atom stereocenters. The van der Waals surface area contributed by atoms with E-state index in [0.717, 1.165) is 50.5 Å². The van der Waals surface area contributed by atoms with Gasteiger partial charge in [-0.05, 0) is 24.8 Å². The highest BCUT2D eigenvalue weighted by Gasteiger charge is 2.30. The van der Waals surface area contributed by atoms with Crippen molar-refractivity contribution < 1.29 is 8.42 Å². The third kappa shape index (κ3) is 3.74. The van der Waals surface area contributed by atoms with Crippen LogP contribution in [0.25, 0.3) is 5.65 Å². The number of piperazine rings is 1. The van der Waals surface area contributed by atoms with Gasteiger partial charge >= 0.3 is 0 Å². The van der Waals surface area contributed by atoms with Gasteiger partial charge in [0, 0.05) is 37.9 Å². The summed E-state index contributed by atoms with van der Waals surface area (Å²) in [6, 6.07) is 10.6. The predicted molar refractivity (Wildman–Crippen MR) is 116 cm³/mol. The fraction of sp³-hybridized carbons (Fsp3) is 0.400. The SMILES string of the molecule is CCCc1cc(N2CCNCC2)n2nc(SC)c(S(=O)(=O)c3ccccc3)c2n1. The molecule has 154 valence electrons. The van der Waals surface area contributed by atoms with Gasteiger partial charge in [0.2, 0.25) is 9.84 Å². The van der Waals surface area contributed by atoms with Crippen LogP contribution < -0.4 is 10.2 Å². The largest absolute Gasteiger partial charge is 0.354 e. The lowest BCUT2D eigenvalue weighted by atomic mass is 10.2. The highest BCUT2D eigenvalue weighted by atomic mass is 32.2. The molecule has 1 fully saturated rings. The van der Waals surface area contributed by atoms with Crippen molar-refractivity contribution in [1.29, 1.82) is 0 Å². The van der Waals surface area contributed by atoms with Crippen LogP contribution in [0.3, 0.4) is 0 Å². The van der Waals surface area contributed by atoms with Crippen LogP contribution in [0.1, 0.15) is 19.0 Å². The van der Waals surface area contributed by atoms with Crippen molar-refractivity contribution in [1.82, 2.24) is 19.9 Å². The Morgan fingerprint density at radius 3 is 2.55 bits per heavy atom. The van der Waals surface area contributed by atoms with E-state index in [1.165, 1.54) is 11.8 Å². The summed E-state index contributed by atoms with van der Waals surface area (Å²) in [5, 5.41) is 8.51. The van der Waals surface area contributed by atoms with E-state index in [1.54, 1.807) is 28.8 Å². The molecule has 0 saturated carbocycles. The maximum absolute atomic E-state index is 13.5. The zero-order valence-electron chi connectivity index (χ0n) is 16.6. The standard InChI is InChI=1S/C20H25N5O2S2/c1-3-7-15-14-17(24-12-10-21-11-13-24)25-19(22-15)18(20(23-25)28-2)29(26,27)16-8-5-4-6-9-16/h4-6,8-9,14,21H,3,7,10-13H2,1-2H3. The van der Waals surface area contributed by atoms with Gasteiger partial charge in [0.05, 0.1) is 4.90 Å². The fourth-order valence-electron chi connectivity index (χ4n) is 3.60. The zero-order chi connectivity index (χ0) is 20.4. The van der Waals surface area contributed by atoms with E-state index >= 15 is 0 Å². The number of nitrogens with one attached hydrogen (secondary N) is 1. The molecule has 0 amide bonds. The maximum Gasteiger partial charge on any atom is 0.213 e. The Labute approximate surface area is 175 Å². The van der Waals surface area contributed by atoms with Crippen LogP contribution in [0.4, 0.5) is 5.82 Å². The van der Waals surface area contributed by atoms with Gasteiger partial charge in [-0.15, -0.1) is 11.8 Å². The topological polar surface area (TPSA) is 79.6 Å². The second-order valence-corrected chi connectivity index (χ2v) is 9.66. The molecule has 0 aliphatic carbocycles. The number of aromatic nitrogens is 3. The number of nitrogens with zero attached hydrogens (tertiary/aromatic N) is 4. The van der Waals surface area contributed by atoms with E-state index < -0.39 is 9.84 Å². The van der Waals surface area contributed by atoms with Gasteiger partial charge in [0.1, 0.15) is 10.8 Å². The lowest BCUT2D eigenvalue weighted by molar-refractivity contribution is 0.578. The Hall–Kier alpha value is -2.10. The molecule has 7 nitrogen and oxygen atoms in total. The Morgan fingerprint density at radius 2 is 1.90 bits per heavy atom. The molecule has 0 atom stereocenters. The summed E-state index contributed by atoms with van der Waals surface area (Å²) in [6.45, 7) is 5.57. The summed E-state index contributed by atoms with van der Waals surface area (Å²) < 4.78 is 28.7. The van der Waals surface area contributed by atoms with Gasteiger partial charge in [0.25, 0.3) is 0 Å². The Kier molecular flexibility index (Phi) is 5.80. The molecule has 1 aromatic carbocycles. The molecule has 0 bridgehead atoms. The quantitative estimate of drug-likeness (QED) is 0.601. The molecular weight excluding hydrogens is 406 g/mol. The Bertz CT molecular complexity index is 1110. The first-order valence-corrected chi connectivity index (χ1v) is 12.5. The minimum Gasteiger partial charge on any atom is -0.354 e. The number of rotatable bonds is 6. The minimum absolute atomic E-state index is 0.200. The first-order valence-electron chi connectivity index (χ1n) is 9.78. The number of fused-ring (bicyclic) bond motifs is 1. The highest BCUT2D eigenvalue weighted by molar-refractivity contribution is 7.99. The van der Waals surface area contributed by atoms with Gasteiger partial charge in [-0.2, -0.15) is 9.61 Å². The molecule has 0 spiro atoms. The lowest BCUT2D eigenvalue weighted by Gasteiger charge is -2.29. The van der Waals surface area contributed by atoms with Crippen molar-refractivity contribution in [3.05, 3.63) is 42.1 Å². The maximum atomic E-state index is 13.5. The third-order valence-corrected chi connectivity index (χ3v) is 7.62. The summed E-state index contributed by atoms with van der Waals surface area (Å²) in [5.41, 5.74) is 1.31. The molecule has 1 saturated heterocycles. The summed E-state index contributed by atoms with van der Waals surface area (Å²) in [7, 11) is -3.74. The molecule has 3 aromatic rings. The number of thioether (sulfide) groups is 1. The van der Waals surface area contributed by atoms with E-state index in [2.05, 4.69) is 28.3 Å². The van der Waals surface area contributed by atoms with E-state index in [9.17, 15) is 8.42 Å². The Balaban J connectivity index is 1.98. The van der Waals surface area contributed by atoms with E-state index in [-0.39, 0.29) is 9.79 Å². The molecule has 1 aliphatic rings. The molecule has 29 heavy (non-hydrogen) atoms. The molecule has 4 rings (SSSR count). The second kappa shape index (κ2) is 8.33. The number of benzene rings is 1. The van der Waals surface area contributed by atoms with Crippen LogP contribution in [0.5, 0.6) is 0 Å². The van der Waals surface area contributed by atoms with Crippen molar-refractivity contribution in [3.8, 4) is 0 Å². The fourth-order valence-corrected chi connectivity index (χ4v) is 6.01. The van der Waals surface area contributed by atoms with Crippen LogP contribution in [-0.4, -0.2) is 55.5 Å². The first-order chi connectivity index (χ1) is 14.1. The third-order valence-electron chi connectivity index (χ3n) is 5.01. The van der Waals surface area contributed by atoms with Crippen molar-refractivity contribution >= 4 is 33.1 Å². The number of aryl methyl sites for hydroxylation is 1. The Morgan fingerprint density at radius 1 is 1.17 bits per heavy atom. The lowest BCUT2D eigenvalue weighted by Crippen LogP contribution is -2.44. The normalized spacial score (nSPS) is 15.2. The van der Waals surface area contributed by atoms with Crippen molar-refractivity contribution in [2.75, 3.05) is 37.3 Å². The molecule has 1 N–H and O–H groups in total. The van der Waals surface area contributed by atoms with Crippen molar-refractivity contribution in [2.24, 2.45) is 0 Å². The number of anilines is 1. The molecule has 1 aliphatic heterocycles. The van der Waals surface area contributed by atoms with E-state index in [1.807, 2.05) is 12.3 Å². The highest BCUT2D eigenvalue weighted by Crippen LogP contribution is 2.34. The summed E-state index contributed by atoms with van der Waals surface area (Å²) in [5.74, 6) is 0.907. The zero-order valence-corrected chi connectivity index (χ0v) is 18.3. The predicted octanol–water partition coefficient (Wildman–Crippen LogP) is 2.65. The summed E-state index contributed by atoms with van der Waals surface area (Å²) in [4.78, 5) is 7.46. The minimum atomic E-state index is -3.74. The molecule has 3 heterocycles. The van der Waals surface area contributed by atoms with Crippen LogP contribution in [0.2, 0.25) is 0 Å². The first kappa shape index (κ1) is 20.2. The molecule has 9 heteroatoms. The van der Waals surface area contributed by atoms with Crippen molar-refractivity contribution in [2.45, 2.75) is 34.6 Å². The summed E-state index contributed by atoms with van der Waals surface area (Å²) in [6.07, 6.45) is 3.58. The second-order valence-electron chi connectivity index (χ2n) is 6.98. The molecule has 0 radical (unpaired) electrons. The monoisotopic (exact) mass is 431 g/mol. The number of hydrogen-bond donors (Lipinski definition) is 1. The smallest absolute Gasteiger partial charge is 0.213 e. The van der Waals surface area contributed by atoms with Crippen LogP contribution in [-0.2, 0) is 16.3 Å². The van der Waals surface area contributed by atoms with Gasteiger partial charge in [0.15, 0.2) is 10.5 Å². The number of hydrogen-bond acceptors (Lipinski definition) is 7. The average Bonchev–Trinajstić information content (AvgIpc) is 3.14. The van der Waals surface area contributed by atoms with Crippen LogP contribution in [0, 0.1) is 0 Å². The van der Waals surface area contributed by atoms with E-state index in [4.69, 9.17) is 4.98 Å². The van der Waals surface area contributed by atoms with Gasteiger partial charge in [-0.1, -0.05) is 31.5 Å².